The van der Waals surface area contributed by atoms with Gasteiger partial charge in [-0.3, -0.25) is 15.1 Å². The van der Waals surface area contributed by atoms with E-state index < -0.39 is 29.6 Å². The van der Waals surface area contributed by atoms with Crippen LogP contribution in [0, 0.1) is 6.92 Å². The first-order valence-corrected chi connectivity index (χ1v) is 8.94. The predicted molar refractivity (Wildman–Crippen MR) is 106 cm³/mol. The quantitative estimate of drug-likeness (QED) is 0.790. The summed E-state index contributed by atoms with van der Waals surface area (Å²) in [6.45, 7) is 8.46. The normalized spacial score (nSPS) is 12.0. The van der Waals surface area contributed by atoms with E-state index in [2.05, 4.69) is 15.6 Å². The van der Waals surface area contributed by atoms with Crippen LogP contribution < -0.4 is 10.6 Å². The van der Waals surface area contributed by atoms with Crippen molar-refractivity contribution in [1.82, 2.24) is 15.6 Å². The molecule has 0 aliphatic heterocycles. The molecule has 0 saturated heterocycles. The van der Waals surface area contributed by atoms with Crippen molar-refractivity contribution in [3.05, 3.63) is 53.7 Å². The molecule has 0 aliphatic carbocycles. The van der Waals surface area contributed by atoms with E-state index in [1.807, 2.05) is 30.3 Å². The average Bonchev–Trinajstić information content (AvgIpc) is 2.60. The van der Waals surface area contributed by atoms with Gasteiger partial charge in [-0.15, -0.1) is 0 Å². The fourth-order valence-electron chi connectivity index (χ4n) is 2.41. The molecule has 148 valence electrons. The largest absolute Gasteiger partial charge is 0.449 e. The lowest BCUT2D eigenvalue weighted by Gasteiger charge is -2.21. The third-order valence-electron chi connectivity index (χ3n) is 3.75. The number of urea groups is 1. The molecule has 1 unspecified atom stereocenters. The molecule has 3 amide bonds. The number of nitrogens with one attached hydrogen (secondary N) is 2. The summed E-state index contributed by atoms with van der Waals surface area (Å²) in [6.07, 6.45) is -1.13. The van der Waals surface area contributed by atoms with Gasteiger partial charge in [-0.05, 0) is 46.8 Å². The summed E-state index contributed by atoms with van der Waals surface area (Å²) < 4.78 is 5.18. The van der Waals surface area contributed by atoms with Crippen molar-refractivity contribution in [2.45, 2.75) is 46.3 Å². The zero-order chi connectivity index (χ0) is 20.9. The third kappa shape index (κ3) is 5.90. The van der Waals surface area contributed by atoms with Gasteiger partial charge < -0.3 is 10.1 Å². The molecule has 0 saturated carbocycles. The van der Waals surface area contributed by atoms with Crippen LogP contribution in [0.3, 0.4) is 0 Å². The van der Waals surface area contributed by atoms with E-state index in [-0.39, 0.29) is 5.56 Å². The maximum Gasteiger partial charge on any atom is 0.340 e. The Kier molecular flexibility index (Phi) is 6.51. The van der Waals surface area contributed by atoms with Crippen molar-refractivity contribution in [2.75, 3.05) is 0 Å². The Bertz CT molecular complexity index is 873. The van der Waals surface area contributed by atoms with Crippen molar-refractivity contribution in [3.63, 3.8) is 0 Å². The average molecular weight is 383 g/mol. The molecule has 28 heavy (non-hydrogen) atoms. The Morgan fingerprint density at radius 2 is 1.68 bits per heavy atom. The Morgan fingerprint density at radius 1 is 1.04 bits per heavy atom. The molecule has 2 N–H and O–H groups in total. The number of hydrogen-bond acceptors (Lipinski definition) is 5. The van der Waals surface area contributed by atoms with Gasteiger partial charge in [-0.2, -0.15) is 0 Å². The number of rotatable bonds is 4. The van der Waals surface area contributed by atoms with Crippen LogP contribution in [0.2, 0.25) is 0 Å². The number of benzene rings is 1. The second kappa shape index (κ2) is 8.65. The van der Waals surface area contributed by atoms with E-state index in [9.17, 15) is 14.4 Å². The number of imide groups is 1. The number of amides is 3. The number of aryl methyl sites for hydroxylation is 1. The second-order valence-electron chi connectivity index (χ2n) is 7.44. The van der Waals surface area contributed by atoms with Gasteiger partial charge in [-0.1, -0.05) is 30.3 Å². The molecular formula is C21H25N3O4. The van der Waals surface area contributed by atoms with Gasteiger partial charge >= 0.3 is 12.0 Å². The summed E-state index contributed by atoms with van der Waals surface area (Å²) in [5.41, 5.74) is 1.93. The van der Waals surface area contributed by atoms with E-state index in [4.69, 9.17) is 4.74 Å². The highest BCUT2D eigenvalue weighted by Crippen LogP contribution is 2.19. The molecule has 2 aromatic rings. The highest BCUT2D eigenvalue weighted by Gasteiger charge is 2.23. The standard InChI is InChI=1S/C21H25N3O4/c1-13-16(11-12-17(22-13)15-9-7-6-8-10-15)19(26)28-14(2)18(25)23-20(27)24-21(3,4)5/h6-12,14H,1-5H3,(H2,23,24,25,27). The molecule has 1 aromatic carbocycles. The zero-order valence-corrected chi connectivity index (χ0v) is 16.7. The fraction of sp³-hybridized carbons (Fsp3) is 0.333. The van der Waals surface area contributed by atoms with Crippen molar-refractivity contribution >= 4 is 17.9 Å². The van der Waals surface area contributed by atoms with E-state index in [0.29, 0.717) is 5.69 Å². The molecule has 2 rings (SSSR count). The van der Waals surface area contributed by atoms with Gasteiger partial charge in [-0.25, -0.2) is 9.59 Å². The molecule has 1 heterocycles. The molecule has 1 atom stereocenters. The second-order valence-corrected chi connectivity index (χ2v) is 7.44. The number of ether oxygens (including phenoxy) is 1. The summed E-state index contributed by atoms with van der Waals surface area (Å²) in [6, 6.07) is 12.3. The summed E-state index contributed by atoms with van der Waals surface area (Å²) in [4.78, 5) is 40.7. The molecule has 0 aliphatic rings. The third-order valence-corrected chi connectivity index (χ3v) is 3.75. The van der Waals surface area contributed by atoms with Crippen LogP contribution in [0.5, 0.6) is 0 Å². The van der Waals surface area contributed by atoms with E-state index in [1.165, 1.54) is 6.92 Å². The van der Waals surface area contributed by atoms with E-state index in [1.54, 1.807) is 39.8 Å². The SMILES string of the molecule is Cc1nc(-c2ccccc2)ccc1C(=O)OC(C)C(=O)NC(=O)NC(C)(C)C. The summed E-state index contributed by atoms with van der Waals surface area (Å²) in [7, 11) is 0. The Labute approximate surface area is 164 Å². The Hall–Kier alpha value is -3.22. The fourth-order valence-corrected chi connectivity index (χ4v) is 2.41. The van der Waals surface area contributed by atoms with Gasteiger partial charge in [0.2, 0.25) is 0 Å². The molecule has 1 aromatic heterocycles. The number of pyridine rings is 1. The van der Waals surface area contributed by atoms with Crippen molar-refractivity contribution in [2.24, 2.45) is 0 Å². The van der Waals surface area contributed by atoms with Crippen LogP contribution >= 0.6 is 0 Å². The highest BCUT2D eigenvalue weighted by molar-refractivity contribution is 5.99. The number of esters is 1. The van der Waals surface area contributed by atoms with Gasteiger partial charge in [0.05, 0.1) is 17.0 Å². The monoisotopic (exact) mass is 383 g/mol. The van der Waals surface area contributed by atoms with E-state index >= 15 is 0 Å². The van der Waals surface area contributed by atoms with Crippen LogP contribution in [0.4, 0.5) is 4.79 Å². The van der Waals surface area contributed by atoms with Crippen molar-refractivity contribution in [3.8, 4) is 11.3 Å². The minimum atomic E-state index is -1.13. The Balaban J connectivity index is 2.02. The number of carbonyl (C=O) groups is 3. The molecule has 7 nitrogen and oxygen atoms in total. The van der Waals surface area contributed by atoms with Crippen LogP contribution in [-0.2, 0) is 9.53 Å². The highest BCUT2D eigenvalue weighted by atomic mass is 16.5. The van der Waals surface area contributed by atoms with E-state index in [0.717, 1.165) is 11.3 Å². The summed E-state index contributed by atoms with van der Waals surface area (Å²) in [5, 5.41) is 4.76. The smallest absolute Gasteiger partial charge is 0.340 e. The molecule has 7 heteroatoms. The van der Waals surface area contributed by atoms with Crippen LogP contribution in [0.15, 0.2) is 42.5 Å². The number of hydrogen-bond donors (Lipinski definition) is 2. The minimum Gasteiger partial charge on any atom is -0.449 e. The molecule has 0 radical (unpaired) electrons. The minimum absolute atomic E-state index is 0.262. The first-order chi connectivity index (χ1) is 13.1. The maximum atomic E-state index is 12.4. The lowest BCUT2D eigenvalue weighted by molar-refractivity contribution is -0.127. The molecule has 0 fully saturated rings. The van der Waals surface area contributed by atoms with Gasteiger partial charge in [0.1, 0.15) is 0 Å². The topological polar surface area (TPSA) is 97.4 Å². The molecular weight excluding hydrogens is 358 g/mol. The zero-order valence-electron chi connectivity index (χ0n) is 16.7. The number of carbonyl (C=O) groups excluding carboxylic acids is 3. The maximum absolute atomic E-state index is 12.4. The van der Waals surface area contributed by atoms with Crippen LogP contribution in [0.25, 0.3) is 11.3 Å². The van der Waals surface area contributed by atoms with Crippen molar-refractivity contribution < 1.29 is 19.1 Å². The van der Waals surface area contributed by atoms with Gasteiger partial charge in [0, 0.05) is 11.1 Å². The van der Waals surface area contributed by atoms with Crippen LogP contribution in [0.1, 0.15) is 43.7 Å². The van der Waals surface area contributed by atoms with Crippen molar-refractivity contribution in [1.29, 1.82) is 0 Å². The number of aromatic nitrogens is 1. The molecule has 0 bridgehead atoms. The summed E-state index contributed by atoms with van der Waals surface area (Å²) >= 11 is 0. The Morgan fingerprint density at radius 3 is 2.25 bits per heavy atom. The lowest BCUT2D eigenvalue weighted by atomic mass is 10.1. The lowest BCUT2D eigenvalue weighted by Crippen LogP contribution is -2.50. The van der Waals surface area contributed by atoms with Gasteiger partial charge in [0.25, 0.3) is 5.91 Å². The first-order valence-electron chi connectivity index (χ1n) is 8.94. The number of nitrogens with zero attached hydrogens (tertiary/aromatic N) is 1. The molecule has 0 spiro atoms. The predicted octanol–water partition coefficient (Wildman–Crippen LogP) is 3.23. The van der Waals surface area contributed by atoms with Crippen LogP contribution in [-0.4, -0.2) is 34.5 Å². The first kappa shape index (κ1) is 21.1. The summed E-state index contributed by atoms with van der Waals surface area (Å²) in [5.74, 6) is -1.38. The van der Waals surface area contributed by atoms with Gasteiger partial charge in [0.15, 0.2) is 6.10 Å².